The quantitative estimate of drug-likeness (QED) is 0.264. The van der Waals surface area contributed by atoms with E-state index in [9.17, 15) is 22.4 Å². The van der Waals surface area contributed by atoms with Crippen LogP contribution >= 0.6 is 23.4 Å². The van der Waals surface area contributed by atoms with Gasteiger partial charge in [-0.3, -0.25) is 4.79 Å². The van der Waals surface area contributed by atoms with Gasteiger partial charge in [-0.2, -0.15) is 13.2 Å². The van der Waals surface area contributed by atoms with Gasteiger partial charge in [0.15, 0.2) is 5.78 Å². The number of rotatable bonds is 6. The van der Waals surface area contributed by atoms with Crippen LogP contribution in [0.1, 0.15) is 40.7 Å². The molecule has 32 heavy (non-hydrogen) atoms. The summed E-state index contributed by atoms with van der Waals surface area (Å²) in [7, 11) is 3.18. The van der Waals surface area contributed by atoms with E-state index in [1.807, 2.05) is 7.05 Å². The normalized spacial score (nSPS) is 19.8. The van der Waals surface area contributed by atoms with E-state index in [0.717, 1.165) is 36.9 Å². The van der Waals surface area contributed by atoms with Gasteiger partial charge in [-0.1, -0.05) is 17.7 Å². The van der Waals surface area contributed by atoms with Crippen molar-refractivity contribution in [2.45, 2.75) is 35.7 Å². The van der Waals surface area contributed by atoms with Gasteiger partial charge in [-0.15, -0.1) is 11.8 Å². The first-order chi connectivity index (χ1) is 15.0. The Hall–Kier alpha value is -1.77. The Labute approximate surface area is 194 Å². The van der Waals surface area contributed by atoms with Crippen molar-refractivity contribution >= 4 is 29.1 Å². The van der Waals surface area contributed by atoms with Crippen LogP contribution in [0, 0.1) is 5.82 Å². The molecule has 1 saturated heterocycles. The number of Topliss-reactive ketones (excluding diaryl/α,β-unsaturated/α-hetero) is 1. The highest BCUT2D eigenvalue weighted by molar-refractivity contribution is 7.98. The van der Waals surface area contributed by atoms with Gasteiger partial charge in [0.25, 0.3) is 0 Å². The molecular weight excluding hydrogens is 466 g/mol. The minimum atomic E-state index is -4.56. The fraction of sp³-hybridized carbons (Fsp3) is 0.435. The van der Waals surface area contributed by atoms with Crippen LogP contribution in [0.3, 0.4) is 0 Å². The molecule has 0 radical (unpaired) electrons. The number of methoxy groups -OCH3 is 1. The third-order valence-electron chi connectivity index (χ3n) is 5.88. The van der Waals surface area contributed by atoms with E-state index >= 15 is 0 Å². The van der Waals surface area contributed by atoms with E-state index in [2.05, 4.69) is 4.90 Å². The number of nitrogens with zero attached hydrogens (tertiary/aromatic N) is 1. The fourth-order valence-electron chi connectivity index (χ4n) is 4.49. The number of halogens is 5. The van der Waals surface area contributed by atoms with Gasteiger partial charge < -0.3 is 9.64 Å². The highest BCUT2D eigenvalue weighted by atomic mass is 35.5. The largest absolute Gasteiger partial charge is 0.496 e. The zero-order valence-corrected chi connectivity index (χ0v) is 19.6. The average Bonchev–Trinajstić information content (AvgIpc) is 2.71. The van der Waals surface area contributed by atoms with Crippen molar-refractivity contribution in [1.29, 1.82) is 0 Å². The maximum atomic E-state index is 13.7. The Morgan fingerprint density at radius 3 is 2.56 bits per heavy atom. The molecule has 0 N–H and O–H groups in total. The zero-order valence-electron chi connectivity index (χ0n) is 18.0. The molecule has 2 aromatic carbocycles. The lowest BCUT2D eigenvalue weighted by Gasteiger charge is -2.42. The second kappa shape index (κ2) is 9.61. The Bertz CT molecular complexity index is 989. The van der Waals surface area contributed by atoms with Crippen LogP contribution in [0.5, 0.6) is 5.75 Å². The van der Waals surface area contributed by atoms with Crippen molar-refractivity contribution in [3.8, 4) is 5.75 Å². The number of likely N-dealkylation sites (tertiary alicyclic amines) is 1. The second-order valence-corrected chi connectivity index (χ2v) is 9.35. The van der Waals surface area contributed by atoms with Gasteiger partial charge >= 0.3 is 6.18 Å². The summed E-state index contributed by atoms with van der Waals surface area (Å²) in [4.78, 5) is 15.9. The van der Waals surface area contributed by atoms with E-state index in [0.29, 0.717) is 18.5 Å². The molecule has 0 aromatic heterocycles. The number of piperidine rings is 1. The number of hydrogen-bond acceptors (Lipinski definition) is 4. The molecule has 1 atom stereocenters. The van der Waals surface area contributed by atoms with Crippen molar-refractivity contribution in [3.05, 3.63) is 57.9 Å². The summed E-state index contributed by atoms with van der Waals surface area (Å²) in [5, 5.41) is 0.234. The Morgan fingerprint density at radius 1 is 1.28 bits per heavy atom. The molecule has 0 amide bonds. The van der Waals surface area contributed by atoms with Crippen LogP contribution in [0.4, 0.5) is 17.6 Å². The molecular formula is C23H24ClF4NO2S. The molecule has 0 spiro atoms. The van der Waals surface area contributed by atoms with Crippen LogP contribution < -0.4 is 4.74 Å². The smallest absolute Gasteiger partial charge is 0.416 e. The van der Waals surface area contributed by atoms with Crippen molar-refractivity contribution < 1.29 is 27.1 Å². The molecule has 1 heterocycles. The minimum absolute atomic E-state index is 0.0119. The maximum absolute atomic E-state index is 13.7. The molecule has 2 aromatic rings. The van der Waals surface area contributed by atoms with E-state index in [-0.39, 0.29) is 33.4 Å². The van der Waals surface area contributed by atoms with E-state index in [1.165, 1.54) is 19.2 Å². The average molecular weight is 490 g/mol. The van der Waals surface area contributed by atoms with Crippen LogP contribution in [-0.2, 0) is 11.6 Å². The van der Waals surface area contributed by atoms with Crippen LogP contribution in [0.15, 0.2) is 35.2 Å². The van der Waals surface area contributed by atoms with Crippen molar-refractivity contribution in [2.24, 2.45) is 0 Å². The summed E-state index contributed by atoms with van der Waals surface area (Å²) in [6, 6.07) is 5.98. The van der Waals surface area contributed by atoms with E-state index in [1.54, 1.807) is 12.3 Å². The summed E-state index contributed by atoms with van der Waals surface area (Å²) >= 11 is 7.45. The van der Waals surface area contributed by atoms with Gasteiger partial charge in [0, 0.05) is 28.3 Å². The van der Waals surface area contributed by atoms with Crippen molar-refractivity contribution in [2.75, 3.05) is 33.5 Å². The third-order valence-corrected chi connectivity index (χ3v) is 6.96. The molecule has 3 nitrogen and oxygen atoms in total. The predicted molar refractivity (Wildman–Crippen MR) is 119 cm³/mol. The Morgan fingerprint density at radius 2 is 2.00 bits per heavy atom. The van der Waals surface area contributed by atoms with Gasteiger partial charge in [0.2, 0.25) is 0 Å². The highest BCUT2D eigenvalue weighted by Crippen LogP contribution is 2.44. The molecule has 0 aliphatic carbocycles. The Kier molecular flexibility index (Phi) is 7.47. The molecule has 1 aliphatic heterocycles. The minimum Gasteiger partial charge on any atom is -0.496 e. The first-order valence-electron chi connectivity index (χ1n) is 10.0. The highest BCUT2D eigenvalue weighted by Gasteiger charge is 2.41. The molecule has 1 unspecified atom stereocenters. The molecule has 0 bridgehead atoms. The number of alkyl halides is 3. The number of ketones is 1. The summed E-state index contributed by atoms with van der Waals surface area (Å²) in [5.41, 5.74) is -0.780. The molecule has 174 valence electrons. The van der Waals surface area contributed by atoms with Crippen LogP contribution in [0.25, 0.3) is 0 Å². The number of thioether (sulfide) groups is 1. The molecule has 1 fully saturated rings. The number of hydrogen-bond donors (Lipinski definition) is 0. The Balaban J connectivity index is 2.09. The zero-order chi connectivity index (χ0) is 23.7. The maximum Gasteiger partial charge on any atom is 0.416 e. The number of carbonyl (C=O) groups is 1. The van der Waals surface area contributed by atoms with Gasteiger partial charge in [0.05, 0.1) is 18.2 Å². The second-order valence-electron chi connectivity index (χ2n) is 8.10. The van der Waals surface area contributed by atoms with Crippen LogP contribution in [0.2, 0.25) is 5.02 Å². The topological polar surface area (TPSA) is 29.5 Å². The lowest BCUT2D eigenvalue weighted by Crippen LogP contribution is -2.46. The molecule has 1 aliphatic rings. The summed E-state index contributed by atoms with van der Waals surface area (Å²) in [5.74, 6) is -0.923. The lowest BCUT2D eigenvalue weighted by atomic mass is 9.70. The van der Waals surface area contributed by atoms with Gasteiger partial charge in [-0.25, -0.2) is 4.39 Å². The number of likely N-dealkylation sites (N-methyl/N-ethyl adjacent to an activating group) is 1. The molecule has 0 saturated carbocycles. The predicted octanol–water partition coefficient (Wildman–Crippen LogP) is 6.46. The summed E-state index contributed by atoms with van der Waals surface area (Å²) < 4.78 is 58.9. The first kappa shape index (κ1) is 24.9. The SMILES string of the molecule is COc1cc(C(F)(F)F)cc(SC)c1C(=O)CC1(c2ccc(F)cc2Cl)CCCN(C)C1. The van der Waals surface area contributed by atoms with Gasteiger partial charge in [0.1, 0.15) is 11.6 Å². The molecule has 9 heteroatoms. The van der Waals surface area contributed by atoms with Gasteiger partial charge in [-0.05, 0) is 62.5 Å². The van der Waals surface area contributed by atoms with E-state index in [4.69, 9.17) is 16.3 Å². The van der Waals surface area contributed by atoms with Crippen molar-refractivity contribution in [1.82, 2.24) is 4.90 Å². The number of benzene rings is 2. The monoisotopic (exact) mass is 489 g/mol. The number of ether oxygens (including phenoxy) is 1. The van der Waals surface area contributed by atoms with Crippen LogP contribution in [-0.4, -0.2) is 44.2 Å². The molecule has 3 rings (SSSR count). The standard InChI is InChI=1S/C23H24ClF4NO2S/c1-29-8-4-7-22(13-29,16-6-5-15(25)11-17(16)24)12-18(30)21-19(31-2)9-14(23(26,27)28)10-20(21)32-3/h5-6,9-11H,4,7-8,12-13H2,1-3H3. The van der Waals surface area contributed by atoms with Crippen molar-refractivity contribution in [3.63, 3.8) is 0 Å². The fourth-order valence-corrected chi connectivity index (χ4v) is 5.52. The van der Waals surface area contributed by atoms with E-state index < -0.39 is 23.0 Å². The summed E-state index contributed by atoms with van der Waals surface area (Å²) in [6.07, 6.45) is -1.48. The number of carbonyl (C=O) groups excluding carboxylic acids is 1. The first-order valence-corrected chi connectivity index (χ1v) is 11.6. The summed E-state index contributed by atoms with van der Waals surface area (Å²) in [6.45, 7) is 1.36. The third kappa shape index (κ3) is 5.07. The lowest BCUT2D eigenvalue weighted by molar-refractivity contribution is -0.137.